The van der Waals surface area contributed by atoms with Crippen LogP contribution in [0.4, 0.5) is 11.4 Å². The number of nitrogens with one attached hydrogen (secondary N) is 3. The Morgan fingerprint density at radius 3 is 2.41 bits per heavy atom. The quantitative estimate of drug-likeness (QED) is 0.0634. The third-order valence-electron chi connectivity index (χ3n) is 11.9. The highest BCUT2D eigenvalue weighted by Gasteiger charge is 2.29. The lowest BCUT2D eigenvalue weighted by molar-refractivity contribution is -0.118. The van der Waals surface area contributed by atoms with Crippen LogP contribution in [0.3, 0.4) is 0 Å². The largest absolute Gasteiger partial charge is 0.508 e. The van der Waals surface area contributed by atoms with Gasteiger partial charge in [-0.2, -0.15) is 0 Å². The Hall–Kier alpha value is -5.25. The van der Waals surface area contributed by atoms with E-state index in [1.165, 1.54) is 68.7 Å². The van der Waals surface area contributed by atoms with Crippen LogP contribution in [0.1, 0.15) is 81.7 Å². The molecule has 0 unspecified atom stereocenters. The number of fused-ring (bicyclic) bond motifs is 1. The highest BCUT2D eigenvalue weighted by Crippen LogP contribution is 2.39. The van der Waals surface area contributed by atoms with Gasteiger partial charge in [-0.05, 0) is 99.7 Å². The molecule has 14 heteroatoms. The number of sulfone groups is 1. The number of anilines is 2. The molecule has 324 valence electrons. The van der Waals surface area contributed by atoms with Crippen molar-refractivity contribution < 1.29 is 37.7 Å². The van der Waals surface area contributed by atoms with Crippen molar-refractivity contribution in [2.24, 2.45) is 0 Å². The van der Waals surface area contributed by atoms with Crippen molar-refractivity contribution in [1.29, 1.82) is 0 Å². The zero-order valence-corrected chi connectivity index (χ0v) is 35.9. The van der Waals surface area contributed by atoms with E-state index in [1.807, 2.05) is 38.1 Å². The molecule has 0 bridgehead atoms. The number of phenols is 1. The minimum Gasteiger partial charge on any atom is -0.508 e. The van der Waals surface area contributed by atoms with Gasteiger partial charge in [0.05, 0.1) is 27.8 Å². The maximum atomic E-state index is 13.6. The first-order valence-electron chi connectivity index (χ1n) is 21.1. The van der Waals surface area contributed by atoms with Crippen LogP contribution in [0.15, 0.2) is 107 Å². The van der Waals surface area contributed by atoms with E-state index < -0.39 is 27.4 Å². The normalized spacial score (nSPS) is 17.9. The third kappa shape index (κ3) is 11.2. The number of aromatic hydroxyl groups is 1. The zero-order chi connectivity index (χ0) is 43.1. The van der Waals surface area contributed by atoms with Crippen LogP contribution in [-0.4, -0.2) is 91.2 Å². The van der Waals surface area contributed by atoms with Crippen molar-refractivity contribution in [2.75, 3.05) is 50.0 Å². The van der Waals surface area contributed by atoms with Gasteiger partial charge in [0.1, 0.15) is 17.2 Å². The van der Waals surface area contributed by atoms with E-state index in [9.17, 15) is 28.2 Å². The maximum absolute atomic E-state index is 13.6. The summed E-state index contributed by atoms with van der Waals surface area (Å²) in [7, 11) is -3.81. The molecule has 0 spiro atoms. The number of rotatable bonds is 15. The van der Waals surface area contributed by atoms with Gasteiger partial charge in [0.15, 0.2) is 6.61 Å². The first kappa shape index (κ1) is 43.8. The molecule has 5 N–H and O–H groups in total. The van der Waals surface area contributed by atoms with Crippen LogP contribution >= 0.6 is 0 Å². The number of benzene rings is 4. The van der Waals surface area contributed by atoms with Gasteiger partial charge in [0.2, 0.25) is 9.84 Å². The standard InChI is InChI=1S/C47H57N5O8S/c1-32(51-21-23-52(24-22-51)36-8-5-4-6-9-36)34-14-18-39(19-15-34)61(57,58)40-11-7-10-38(28-40)59-25-20-44(55)49-35-16-12-33(13-17-35)29-47(2,3)48-30-43(54)41-26-37(53)27-42-46(41)60-31-45(56)50-42/h7,10-20,25-28,32,36,43,48,53-54H,4-6,8-9,21-24,29-31H2,1-3H3,(H,49,55)(H,50,56)/t32-,43-/m0/s1. The van der Waals surface area contributed by atoms with Crippen molar-refractivity contribution in [2.45, 2.75) is 92.8 Å². The Morgan fingerprint density at radius 1 is 0.967 bits per heavy atom. The van der Waals surface area contributed by atoms with Gasteiger partial charge in [0.25, 0.3) is 11.8 Å². The van der Waals surface area contributed by atoms with Gasteiger partial charge in [0, 0.05) is 73.7 Å². The fourth-order valence-corrected chi connectivity index (χ4v) is 9.80. The Morgan fingerprint density at radius 2 is 1.69 bits per heavy atom. The van der Waals surface area contributed by atoms with Crippen molar-refractivity contribution in [1.82, 2.24) is 15.1 Å². The minimum atomic E-state index is -3.81. The summed E-state index contributed by atoms with van der Waals surface area (Å²) in [6.07, 6.45) is 8.71. The lowest BCUT2D eigenvalue weighted by Crippen LogP contribution is -2.51. The van der Waals surface area contributed by atoms with Gasteiger partial charge in [-0.3, -0.25) is 19.4 Å². The minimum absolute atomic E-state index is 0.0954. The monoisotopic (exact) mass is 851 g/mol. The third-order valence-corrected chi connectivity index (χ3v) is 13.7. The molecule has 13 nitrogen and oxygen atoms in total. The second-order valence-electron chi connectivity index (χ2n) is 16.9. The predicted molar refractivity (Wildman–Crippen MR) is 235 cm³/mol. The predicted octanol–water partition coefficient (Wildman–Crippen LogP) is 6.74. The number of nitrogens with zero attached hydrogens (tertiary/aromatic N) is 2. The molecular formula is C47H57N5O8S. The van der Waals surface area contributed by atoms with Gasteiger partial charge in [-0.1, -0.05) is 49.6 Å². The molecular weight excluding hydrogens is 795 g/mol. The number of ether oxygens (including phenoxy) is 2. The van der Waals surface area contributed by atoms with Gasteiger partial charge in [-0.25, -0.2) is 8.42 Å². The van der Waals surface area contributed by atoms with E-state index in [0.717, 1.165) is 43.3 Å². The summed E-state index contributed by atoms with van der Waals surface area (Å²) in [6, 6.07) is 24.5. The van der Waals surface area contributed by atoms with Crippen molar-refractivity contribution in [3.8, 4) is 17.2 Å². The van der Waals surface area contributed by atoms with Crippen LogP contribution < -0.4 is 25.4 Å². The molecule has 2 atom stereocenters. The summed E-state index contributed by atoms with van der Waals surface area (Å²) in [6.45, 7) is 10.4. The Balaban J connectivity index is 0.869. The van der Waals surface area contributed by atoms with E-state index in [4.69, 9.17) is 9.47 Å². The second-order valence-corrected chi connectivity index (χ2v) is 18.8. The molecule has 1 saturated carbocycles. The number of hydrogen-bond acceptors (Lipinski definition) is 11. The van der Waals surface area contributed by atoms with Gasteiger partial charge in [-0.15, -0.1) is 0 Å². The highest BCUT2D eigenvalue weighted by molar-refractivity contribution is 7.91. The molecule has 2 fully saturated rings. The highest BCUT2D eigenvalue weighted by atomic mass is 32.2. The number of hydrogen-bond donors (Lipinski definition) is 5. The Kier molecular flexibility index (Phi) is 13.8. The van der Waals surface area contributed by atoms with Crippen molar-refractivity contribution in [3.63, 3.8) is 0 Å². The molecule has 1 aliphatic carbocycles. The number of aliphatic hydroxyl groups excluding tert-OH is 1. The number of amides is 2. The van der Waals surface area contributed by atoms with E-state index in [0.29, 0.717) is 29.1 Å². The number of carbonyl (C=O) groups excluding carboxylic acids is 2. The molecule has 4 aromatic carbocycles. The molecule has 0 aromatic heterocycles. The Bertz CT molecular complexity index is 2300. The lowest BCUT2D eigenvalue weighted by atomic mass is 9.93. The van der Waals surface area contributed by atoms with Crippen LogP contribution in [0.25, 0.3) is 0 Å². The molecule has 61 heavy (non-hydrogen) atoms. The van der Waals surface area contributed by atoms with Gasteiger partial charge >= 0.3 is 0 Å². The van der Waals surface area contributed by atoms with Crippen LogP contribution in [-0.2, 0) is 25.8 Å². The van der Waals surface area contributed by atoms with E-state index in [1.54, 1.807) is 36.4 Å². The molecule has 2 amide bonds. The van der Waals surface area contributed by atoms with Crippen molar-refractivity contribution in [3.05, 3.63) is 114 Å². The number of carbonyl (C=O) groups is 2. The average molecular weight is 852 g/mol. The summed E-state index contributed by atoms with van der Waals surface area (Å²) in [5.74, 6) is -0.247. The summed E-state index contributed by atoms with van der Waals surface area (Å²) >= 11 is 0. The number of phenolic OH excluding ortho intramolecular Hbond substituents is 1. The smallest absolute Gasteiger partial charge is 0.262 e. The van der Waals surface area contributed by atoms with E-state index >= 15 is 0 Å². The number of β-amino-alcohol motifs (C(OH)–C–C–N with tert-alkyl or cyclic N) is 1. The fraction of sp³-hybridized carbons (Fsp3) is 0.404. The molecule has 1 saturated heterocycles. The number of aliphatic hydroxyl groups is 1. The van der Waals surface area contributed by atoms with Crippen LogP contribution in [0, 0.1) is 0 Å². The van der Waals surface area contributed by atoms with E-state index in [2.05, 4.69) is 32.7 Å². The average Bonchev–Trinajstić information content (AvgIpc) is 3.26. The molecule has 0 radical (unpaired) electrons. The van der Waals surface area contributed by atoms with Crippen LogP contribution in [0.5, 0.6) is 17.2 Å². The first-order chi connectivity index (χ1) is 29.2. The van der Waals surface area contributed by atoms with E-state index in [-0.39, 0.29) is 46.4 Å². The van der Waals surface area contributed by atoms with Crippen LogP contribution in [0.2, 0.25) is 0 Å². The molecule has 7 rings (SSSR count). The Labute approximate surface area is 358 Å². The van der Waals surface area contributed by atoms with Crippen molar-refractivity contribution >= 4 is 33.0 Å². The summed E-state index contributed by atoms with van der Waals surface area (Å²) in [5.41, 5.74) is 2.90. The molecule has 4 aromatic rings. The maximum Gasteiger partial charge on any atom is 0.262 e. The van der Waals surface area contributed by atoms with Gasteiger partial charge < -0.3 is 35.6 Å². The molecule has 3 aliphatic rings. The zero-order valence-electron chi connectivity index (χ0n) is 35.1. The SMILES string of the molecule is C[C@@H](c1ccc(S(=O)(=O)c2cccc(OC=CC(=O)Nc3ccc(CC(C)(C)NC[C@H](O)c4cc(O)cc5c4OCC(=O)N5)cc3)c2)cc1)N1CCN(C2CCCCC2)CC1. The molecule has 2 heterocycles. The summed E-state index contributed by atoms with van der Waals surface area (Å²) in [5, 5.41) is 29.9. The number of piperazine rings is 1. The topological polar surface area (TPSA) is 170 Å². The molecule has 2 aliphatic heterocycles. The lowest BCUT2D eigenvalue weighted by Gasteiger charge is -2.42. The first-order valence-corrected chi connectivity index (χ1v) is 22.6. The summed E-state index contributed by atoms with van der Waals surface area (Å²) < 4.78 is 38.4. The fourth-order valence-electron chi connectivity index (χ4n) is 8.50. The summed E-state index contributed by atoms with van der Waals surface area (Å²) in [4.78, 5) is 29.9. The second kappa shape index (κ2) is 19.2.